The predicted molar refractivity (Wildman–Crippen MR) is 147 cm³/mol. The summed E-state index contributed by atoms with van der Waals surface area (Å²) in [5.74, 6) is 0.743. The number of carbonyl (C=O) groups excluding carboxylic acids is 2. The van der Waals surface area contributed by atoms with Crippen molar-refractivity contribution in [1.29, 1.82) is 0 Å². The van der Waals surface area contributed by atoms with Gasteiger partial charge in [0.2, 0.25) is 5.91 Å². The summed E-state index contributed by atoms with van der Waals surface area (Å²) < 4.78 is 16.3. The number of amides is 1. The van der Waals surface area contributed by atoms with Crippen LogP contribution in [0.5, 0.6) is 11.5 Å². The molecule has 0 fully saturated rings. The molecule has 3 aromatic carbocycles. The molecule has 0 unspecified atom stereocenters. The molecule has 37 heavy (non-hydrogen) atoms. The summed E-state index contributed by atoms with van der Waals surface area (Å²) in [5.41, 5.74) is 2.43. The zero-order valence-corrected chi connectivity index (χ0v) is 22.0. The number of hydrogen-bond donors (Lipinski definition) is 2. The SMILES string of the molecule is CCOC(=O)C1=C(C)NC(SCC(=O)Nc2cccc(OC)c2)=N[C@@H]1c1c(OC)ccc2ccccc12. The van der Waals surface area contributed by atoms with Crippen molar-refractivity contribution in [3.05, 3.63) is 77.5 Å². The second kappa shape index (κ2) is 11.8. The molecule has 3 aromatic rings. The third-order valence-electron chi connectivity index (χ3n) is 5.83. The van der Waals surface area contributed by atoms with Crippen LogP contribution in [-0.4, -0.2) is 43.6 Å². The van der Waals surface area contributed by atoms with E-state index in [4.69, 9.17) is 19.2 Å². The number of hydrogen-bond acceptors (Lipinski definition) is 8. The minimum atomic E-state index is -0.676. The van der Waals surface area contributed by atoms with E-state index in [0.717, 1.165) is 16.3 Å². The fourth-order valence-electron chi connectivity index (χ4n) is 4.17. The Balaban J connectivity index is 1.65. The van der Waals surface area contributed by atoms with Gasteiger partial charge in [0, 0.05) is 23.0 Å². The van der Waals surface area contributed by atoms with E-state index in [1.165, 1.54) is 11.8 Å². The number of thioether (sulfide) groups is 1. The first-order valence-corrected chi connectivity index (χ1v) is 12.8. The lowest BCUT2D eigenvalue weighted by Gasteiger charge is -2.27. The number of nitrogens with zero attached hydrogens (tertiary/aromatic N) is 1. The number of amidine groups is 1. The van der Waals surface area contributed by atoms with Crippen LogP contribution in [-0.2, 0) is 14.3 Å². The average Bonchev–Trinajstić information content (AvgIpc) is 2.91. The molecule has 0 aromatic heterocycles. The first kappa shape index (κ1) is 26.1. The van der Waals surface area contributed by atoms with Crippen LogP contribution in [0.3, 0.4) is 0 Å². The van der Waals surface area contributed by atoms with E-state index in [1.807, 2.05) is 55.5 Å². The van der Waals surface area contributed by atoms with Crippen LogP contribution < -0.4 is 20.1 Å². The number of rotatable bonds is 8. The Morgan fingerprint density at radius 1 is 1.05 bits per heavy atom. The van der Waals surface area contributed by atoms with Gasteiger partial charge in [-0.2, -0.15) is 0 Å². The molecular formula is C28H29N3O5S. The standard InChI is InChI=1S/C28H29N3O5S/c1-5-36-27(33)24-17(2)29-28(37-16-23(32)30-19-10-8-11-20(15-19)34-3)31-26(24)25-21-12-7-6-9-18(21)13-14-22(25)35-4/h6-15,26H,5,16H2,1-4H3,(H,29,31)(H,30,32)/t26-/m0/s1. The van der Waals surface area contributed by atoms with Crippen molar-refractivity contribution < 1.29 is 23.8 Å². The highest BCUT2D eigenvalue weighted by molar-refractivity contribution is 8.14. The lowest BCUT2D eigenvalue weighted by atomic mass is 9.91. The quantitative estimate of drug-likeness (QED) is 0.401. The molecule has 4 rings (SSSR count). The Morgan fingerprint density at radius 2 is 1.86 bits per heavy atom. The highest BCUT2D eigenvalue weighted by atomic mass is 32.2. The summed E-state index contributed by atoms with van der Waals surface area (Å²) >= 11 is 1.25. The zero-order chi connectivity index (χ0) is 26.4. The van der Waals surface area contributed by atoms with E-state index in [1.54, 1.807) is 33.3 Å². The summed E-state index contributed by atoms with van der Waals surface area (Å²) in [4.78, 5) is 30.6. The fourth-order valence-corrected chi connectivity index (χ4v) is 4.92. The van der Waals surface area contributed by atoms with Crippen LogP contribution in [0.25, 0.3) is 10.8 Å². The number of esters is 1. The molecule has 0 aliphatic carbocycles. The van der Waals surface area contributed by atoms with Gasteiger partial charge < -0.3 is 24.8 Å². The van der Waals surface area contributed by atoms with Gasteiger partial charge in [-0.3, -0.25) is 4.79 Å². The summed E-state index contributed by atoms with van der Waals surface area (Å²) in [7, 11) is 3.17. The van der Waals surface area contributed by atoms with Gasteiger partial charge in [0.25, 0.3) is 0 Å². The van der Waals surface area contributed by atoms with Crippen molar-refractivity contribution in [1.82, 2.24) is 5.32 Å². The second-order valence-electron chi connectivity index (χ2n) is 8.19. The van der Waals surface area contributed by atoms with Crippen molar-refractivity contribution in [3.8, 4) is 11.5 Å². The van der Waals surface area contributed by atoms with Crippen molar-refractivity contribution in [3.63, 3.8) is 0 Å². The molecule has 0 radical (unpaired) electrons. The smallest absolute Gasteiger partial charge is 0.338 e. The van der Waals surface area contributed by atoms with Gasteiger partial charge in [-0.1, -0.05) is 48.2 Å². The van der Waals surface area contributed by atoms with Crippen molar-refractivity contribution in [2.24, 2.45) is 4.99 Å². The number of anilines is 1. The largest absolute Gasteiger partial charge is 0.497 e. The van der Waals surface area contributed by atoms with Gasteiger partial charge in [-0.25, -0.2) is 9.79 Å². The molecule has 0 bridgehead atoms. The number of nitrogens with one attached hydrogen (secondary N) is 2. The van der Waals surface area contributed by atoms with E-state index in [0.29, 0.717) is 33.6 Å². The molecule has 1 aliphatic rings. The first-order valence-electron chi connectivity index (χ1n) is 11.8. The average molecular weight is 520 g/mol. The third-order valence-corrected chi connectivity index (χ3v) is 6.72. The van der Waals surface area contributed by atoms with Crippen LogP contribution >= 0.6 is 11.8 Å². The van der Waals surface area contributed by atoms with E-state index >= 15 is 0 Å². The normalized spacial score (nSPS) is 15.0. The first-order chi connectivity index (χ1) is 17.9. The maximum Gasteiger partial charge on any atom is 0.338 e. The number of methoxy groups -OCH3 is 2. The molecule has 1 atom stereocenters. The summed E-state index contributed by atoms with van der Waals surface area (Å²) in [6.45, 7) is 3.82. The van der Waals surface area contributed by atoms with Gasteiger partial charge in [0.05, 0.1) is 32.2 Å². The lowest BCUT2D eigenvalue weighted by Crippen LogP contribution is -2.31. The number of benzene rings is 3. The van der Waals surface area contributed by atoms with Crippen LogP contribution in [0.2, 0.25) is 0 Å². The number of fused-ring (bicyclic) bond motifs is 1. The maximum atomic E-state index is 13.0. The highest BCUT2D eigenvalue weighted by Gasteiger charge is 2.33. The Hall–Kier alpha value is -3.98. The van der Waals surface area contributed by atoms with Crippen molar-refractivity contribution in [2.75, 3.05) is 31.9 Å². The maximum absolute atomic E-state index is 13.0. The van der Waals surface area contributed by atoms with Crippen LogP contribution in [0.4, 0.5) is 5.69 Å². The van der Waals surface area contributed by atoms with E-state index in [-0.39, 0.29) is 18.3 Å². The summed E-state index contributed by atoms with van der Waals surface area (Å²) in [6, 6.07) is 18.2. The lowest BCUT2D eigenvalue weighted by molar-refractivity contribution is -0.139. The van der Waals surface area contributed by atoms with Crippen LogP contribution in [0.1, 0.15) is 25.5 Å². The molecule has 1 heterocycles. The van der Waals surface area contributed by atoms with E-state index in [9.17, 15) is 9.59 Å². The minimum absolute atomic E-state index is 0.116. The number of allylic oxidation sites excluding steroid dienone is 1. The molecule has 192 valence electrons. The van der Waals surface area contributed by atoms with Gasteiger partial charge in [-0.05, 0) is 42.8 Å². The number of aliphatic imine (C=N–C) groups is 1. The van der Waals surface area contributed by atoms with Crippen molar-refractivity contribution >= 4 is 45.3 Å². The molecule has 1 aliphatic heterocycles. The summed E-state index contributed by atoms with van der Waals surface area (Å²) in [6.07, 6.45) is 0. The highest BCUT2D eigenvalue weighted by Crippen LogP contribution is 2.41. The van der Waals surface area contributed by atoms with Gasteiger partial charge in [-0.15, -0.1) is 0 Å². The van der Waals surface area contributed by atoms with E-state index < -0.39 is 12.0 Å². The Labute approximate surface area is 220 Å². The molecular weight excluding hydrogens is 490 g/mol. The van der Waals surface area contributed by atoms with Crippen LogP contribution in [0.15, 0.2) is 76.9 Å². The summed E-state index contributed by atoms with van der Waals surface area (Å²) in [5, 5.41) is 8.49. The Kier molecular flexibility index (Phi) is 8.35. The molecule has 0 saturated heterocycles. The molecule has 0 spiro atoms. The monoisotopic (exact) mass is 519 g/mol. The molecule has 1 amide bonds. The predicted octanol–water partition coefficient (Wildman–Crippen LogP) is 5.07. The fraction of sp³-hybridized carbons (Fsp3) is 0.250. The Bertz CT molecular complexity index is 1390. The third kappa shape index (κ3) is 5.89. The van der Waals surface area contributed by atoms with Crippen molar-refractivity contribution in [2.45, 2.75) is 19.9 Å². The zero-order valence-electron chi connectivity index (χ0n) is 21.2. The molecule has 0 saturated carbocycles. The van der Waals surface area contributed by atoms with Gasteiger partial charge in [0.1, 0.15) is 17.5 Å². The number of ether oxygens (including phenoxy) is 3. The van der Waals surface area contributed by atoms with Gasteiger partial charge >= 0.3 is 5.97 Å². The topological polar surface area (TPSA) is 98.2 Å². The molecule has 9 heteroatoms. The minimum Gasteiger partial charge on any atom is -0.497 e. The molecule has 8 nitrogen and oxygen atoms in total. The second-order valence-corrected chi connectivity index (χ2v) is 9.16. The molecule has 2 N–H and O–H groups in total. The van der Waals surface area contributed by atoms with Crippen LogP contribution in [0, 0.1) is 0 Å². The van der Waals surface area contributed by atoms with E-state index in [2.05, 4.69) is 10.6 Å². The van der Waals surface area contributed by atoms with Gasteiger partial charge in [0.15, 0.2) is 5.17 Å². The Morgan fingerprint density at radius 3 is 2.62 bits per heavy atom. The number of carbonyl (C=O) groups is 2.